The quantitative estimate of drug-likeness (QED) is 0.711. The van der Waals surface area contributed by atoms with Crippen molar-refractivity contribution in [2.75, 3.05) is 6.61 Å². The van der Waals surface area contributed by atoms with Crippen LogP contribution in [0.3, 0.4) is 0 Å². The number of hydrogen-bond donors (Lipinski definition) is 0. The highest BCUT2D eigenvalue weighted by atomic mass is 16.5. The molecule has 18 heavy (non-hydrogen) atoms. The third-order valence-electron chi connectivity index (χ3n) is 3.31. The molecule has 0 heterocycles. The fourth-order valence-electron chi connectivity index (χ4n) is 2.37. The van der Waals surface area contributed by atoms with Crippen molar-refractivity contribution in [1.82, 2.24) is 0 Å². The molecule has 0 amide bonds. The van der Waals surface area contributed by atoms with Gasteiger partial charge in [-0.3, -0.25) is 4.79 Å². The maximum atomic E-state index is 11.9. The molecule has 2 heteroatoms. The Bertz CT molecular complexity index is 445. The van der Waals surface area contributed by atoms with Crippen molar-refractivity contribution in [2.24, 2.45) is 5.92 Å². The summed E-state index contributed by atoms with van der Waals surface area (Å²) in [6.45, 7) is 4.48. The summed E-state index contributed by atoms with van der Waals surface area (Å²) in [4.78, 5) is 11.9. The smallest absolute Gasteiger partial charge is 0.317 e. The number of unbranched alkanes of at least 4 members (excludes halogenated alkanes) is 1. The average molecular weight is 244 g/mol. The minimum Gasteiger partial charge on any atom is -0.465 e. The van der Waals surface area contributed by atoms with Gasteiger partial charge in [-0.15, -0.1) is 0 Å². The minimum atomic E-state index is -0.0811. The van der Waals surface area contributed by atoms with Crippen molar-refractivity contribution >= 4 is 11.5 Å². The molecule has 0 saturated heterocycles. The van der Waals surface area contributed by atoms with Crippen molar-refractivity contribution in [1.29, 1.82) is 0 Å². The average Bonchev–Trinajstić information content (AvgIpc) is 3.12. The highest BCUT2D eigenvalue weighted by Gasteiger charge is 2.43. The fraction of sp³-hybridized carbons (Fsp3) is 0.438. The van der Waals surface area contributed by atoms with E-state index in [-0.39, 0.29) is 11.9 Å². The van der Waals surface area contributed by atoms with Crippen LogP contribution in [0.15, 0.2) is 35.9 Å². The second-order valence-corrected chi connectivity index (χ2v) is 4.59. The van der Waals surface area contributed by atoms with E-state index in [9.17, 15) is 4.79 Å². The van der Waals surface area contributed by atoms with Gasteiger partial charge in [0.05, 0.1) is 6.61 Å². The lowest BCUT2D eigenvalue weighted by Gasteiger charge is -2.02. The molecule has 0 N–H and O–H groups in total. The number of carbonyl (C=O) groups is 1. The first-order valence-electron chi connectivity index (χ1n) is 6.74. The van der Waals surface area contributed by atoms with E-state index in [4.69, 9.17) is 4.74 Å². The predicted molar refractivity (Wildman–Crippen MR) is 73.0 cm³/mol. The number of rotatable bonds is 6. The molecule has 1 aliphatic carbocycles. The zero-order valence-electron chi connectivity index (χ0n) is 11.1. The van der Waals surface area contributed by atoms with Gasteiger partial charge in [0, 0.05) is 0 Å². The number of benzene rings is 1. The Morgan fingerprint density at radius 3 is 2.56 bits per heavy atom. The number of hydrogen-bond acceptors (Lipinski definition) is 2. The normalized spacial score (nSPS) is 17.8. The molecular weight excluding hydrogens is 224 g/mol. The molecule has 0 bridgehead atoms. The molecule has 1 aromatic rings. The van der Waals surface area contributed by atoms with E-state index in [1.54, 1.807) is 0 Å². The summed E-state index contributed by atoms with van der Waals surface area (Å²) < 4.78 is 5.15. The van der Waals surface area contributed by atoms with Crippen LogP contribution in [-0.2, 0) is 9.53 Å². The van der Waals surface area contributed by atoms with Crippen LogP contribution in [0.4, 0.5) is 0 Å². The van der Waals surface area contributed by atoms with E-state index in [2.05, 4.69) is 19.1 Å². The SMILES string of the molecule is CCCCC1=C(c2ccccc2)C1C(=O)OCC. The third kappa shape index (κ3) is 2.63. The van der Waals surface area contributed by atoms with Gasteiger partial charge >= 0.3 is 5.97 Å². The molecule has 1 unspecified atom stereocenters. The monoisotopic (exact) mass is 244 g/mol. The molecule has 0 fully saturated rings. The topological polar surface area (TPSA) is 26.3 Å². The zero-order chi connectivity index (χ0) is 13.0. The highest BCUT2D eigenvalue weighted by Crippen LogP contribution is 2.50. The first kappa shape index (κ1) is 12.9. The van der Waals surface area contributed by atoms with Crippen LogP contribution < -0.4 is 0 Å². The maximum absolute atomic E-state index is 11.9. The predicted octanol–water partition coefficient (Wildman–Crippen LogP) is 3.82. The van der Waals surface area contributed by atoms with Gasteiger partial charge in [-0.25, -0.2) is 0 Å². The molecule has 96 valence electrons. The molecular formula is C16H20O2. The Morgan fingerprint density at radius 1 is 1.22 bits per heavy atom. The molecule has 1 atom stereocenters. The Balaban J connectivity index is 2.13. The van der Waals surface area contributed by atoms with Crippen molar-refractivity contribution in [3.63, 3.8) is 0 Å². The van der Waals surface area contributed by atoms with Crippen LogP contribution in [0.2, 0.25) is 0 Å². The highest BCUT2D eigenvalue weighted by molar-refractivity contribution is 6.04. The lowest BCUT2D eigenvalue weighted by Crippen LogP contribution is -2.09. The summed E-state index contributed by atoms with van der Waals surface area (Å²) >= 11 is 0. The molecule has 0 saturated carbocycles. The van der Waals surface area contributed by atoms with Crippen LogP contribution in [0.1, 0.15) is 38.7 Å². The Morgan fingerprint density at radius 2 is 1.94 bits per heavy atom. The van der Waals surface area contributed by atoms with E-state index in [1.807, 2.05) is 25.1 Å². The minimum absolute atomic E-state index is 0.0705. The van der Waals surface area contributed by atoms with Gasteiger partial charge in [0.15, 0.2) is 0 Å². The maximum Gasteiger partial charge on any atom is 0.317 e. The Hall–Kier alpha value is -1.57. The Kier molecular flexibility index (Phi) is 4.19. The molecule has 1 aromatic carbocycles. The largest absolute Gasteiger partial charge is 0.465 e. The standard InChI is InChI=1S/C16H20O2/c1-3-5-11-13-14(12-9-7-6-8-10-12)15(13)16(17)18-4-2/h6-10,15H,3-5,11H2,1-2H3. The van der Waals surface area contributed by atoms with Crippen molar-refractivity contribution in [3.05, 3.63) is 41.5 Å². The second-order valence-electron chi connectivity index (χ2n) is 4.59. The van der Waals surface area contributed by atoms with Crippen LogP contribution in [-0.4, -0.2) is 12.6 Å². The molecule has 0 spiro atoms. The van der Waals surface area contributed by atoms with Crippen molar-refractivity contribution in [2.45, 2.75) is 33.1 Å². The van der Waals surface area contributed by atoms with Gasteiger partial charge in [0.25, 0.3) is 0 Å². The molecule has 0 radical (unpaired) electrons. The van der Waals surface area contributed by atoms with E-state index in [1.165, 1.54) is 16.7 Å². The molecule has 1 aliphatic rings. The van der Waals surface area contributed by atoms with Crippen LogP contribution in [0, 0.1) is 5.92 Å². The number of ether oxygens (including phenoxy) is 1. The van der Waals surface area contributed by atoms with E-state index in [0.717, 1.165) is 19.3 Å². The molecule has 0 aliphatic heterocycles. The number of carbonyl (C=O) groups excluding carboxylic acids is 1. The number of esters is 1. The van der Waals surface area contributed by atoms with Gasteiger partial charge in [-0.2, -0.15) is 0 Å². The first-order valence-corrected chi connectivity index (χ1v) is 6.74. The van der Waals surface area contributed by atoms with Gasteiger partial charge in [-0.1, -0.05) is 43.7 Å². The molecule has 0 aromatic heterocycles. The fourth-order valence-corrected chi connectivity index (χ4v) is 2.37. The zero-order valence-corrected chi connectivity index (χ0v) is 11.1. The summed E-state index contributed by atoms with van der Waals surface area (Å²) in [6, 6.07) is 10.2. The summed E-state index contributed by atoms with van der Waals surface area (Å²) in [5.41, 5.74) is 3.64. The second kappa shape index (κ2) is 5.85. The van der Waals surface area contributed by atoms with Crippen molar-refractivity contribution < 1.29 is 9.53 Å². The lowest BCUT2D eigenvalue weighted by molar-refractivity contribution is -0.143. The van der Waals surface area contributed by atoms with Gasteiger partial charge in [0.2, 0.25) is 0 Å². The summed E-state index contributed by atoms with van der Waals surface area (Å²) in [5.74, 6) is -0.152. The van der Waals surface area contributed by atoms with Gasteiger partial charge in [-0.05, 0) is 36.5 Å². The summed E-state index contributed by atoms with van der Waals surface area (Å²) in [7, 11) is 0. The summed E-state index contributed by atoms with van der Waals surface area (Å²) in [5, 5.41) is 0. The molecule has 2 nitrogen and oxygen atoms in total. The van der Waals surface area contributed by atoms with Crippen LogP contribution >= 0.6 is 0 Å². The Labute approximate surface area is 109 Å². The van der Waals surface area contributed by atoms with E-state index < -0.39 is 0 Å². The summed E-state index contributed by atoms with van der Waals surface area (Å²) in [6.07, 6.45) is 3.31. The van der Waals surface area contributed by atoms with E-state index >= 15 is 0 Å². The third-order valence-corrected chi connectivity index (χ3v) is 3.31. The van der Waals surface area contributed by atoms with Crippen molar-refractivity contribution in [3.8, 4) is 0 Å². The van der Waals surface area contributed by atoms with Gasteiger partial charge < -0.3 is 4.74 Å². The van der Waals surface area contributed by atoms with Crippen LogP contribution in [0.25, 0.3) is 5.57 Å². The molecule has 2 rings (SSSR count). The first-order chi connectivity index (χ1) is 8.79. The van der Waals surface area contributed by atoms with Gasteiger partial charge in [0.1, 0.15) is 5.92 Å². The van der Waals surface area contributed by atoms with Crippen LogP contribution in [0.5, 0.6) is 0 Å². The lowest BCUT2D eigenvalue weighted by atomic mass is 10.1. The van der Waals surface area contributed by atoms with E-state index in [0.29, 0.717) is 6.61 Å².